The molecule has 2 heterocycles. The van der Waals surface area contributed by atoms with Crippen molar-refractivity contribution in [1.82, 2.24) is 15.0 Å². The van der Waals surface area contributed by atoms with Gasteiger partial charge in [0.1, 0.15) is 0 Å². The van der Waals surface area contributed by atoms with Crippen LogP contribution in [0.25, 0.3) is 111 Å². The lowest BCUT2D eigenvalue weighted by atomic mass is 9.82. The van der Waals surface area contributed by atoms with Crippen molar-refractivity contribution in [2.45, 2.75) is 0 Å². The van der Waals surface area contributed by atoms with E-state index in [0.29, 0.717) is 5.82 Å². The molecule has 11 rings (SSSR count). The van der Waals surface area contributed by atoms with Crippen LogP contribution < -0.4 is 0 Å². The second-order valence-corrected chi connectivity index (χ2v) is 14.3. The molecular weight excluding hydrogens is 679 g/mol. The van der Waals surface area contributed by atoms with Gasteiger partial charge in [-0.15, -0.1) is 0 Å². The van der Waals surface area contributed by atoms with Gasteiger partial charge in [0.05, 0.1) is 11.4 Å². The maximum absolute atomic E-state index is 5.31. The van der Waals surface area contributed by atoms with Crippen molar-refractivity contribution >= 4 is 21.5 Å². The van der Waals surface area contributed by atoms with Gasteiger partial charge < -0.3 is 0 Å². The molecule has 1 aliphatic carbocycles. The van der Waals surface area contributed by atoms with Crippen molar-refractivity contribution in [2.75, 3.05) is 0 Å². The highest BCUT2D eigenvalue weighted by Crippen LogP contribution is 2.58. The highest BCUT2D eigenvalue weighted by molar-refractivity contribution is 6.28. The Kier molecular flexibility index (Phi) is 7.49. The van der Waals surface area contributed by atoms with E-state index in [-0.39, 0.29) is 0 Å². The van der Waals surface area contributed by atoms with Crippen molar-refractivity contribution in [2.24, 2.45) is 0 Å². The highest BCUT2D eigenvalue weighted by Gasteiger charge is 2.31. The van der Waals surface area contributed by atoms with Crippen LogP contribution in [0.2, 0.25) is 0 Å². The molecule has 3 heteroatoms. The molecule has 0 N–H and O–H groups in total. The molecule has 0 atom stereocenters. The van der Waals surface area contributed by atoms with Gasteiger partial charge >= 0.3 is 0 Å². The lowest BCUT2D eigenvalue weighted by Gasteiger charge is -2.20. The lowest BCUT2D eigenvalue weighted by Crippen LogP contribution is -1.96. The van der Waals surface area contributed by atoms with Crippen molar-refractivity contribution in [1.29, 1.82) is 0 Å². The Bertz CT molecular complexity index is 3010. The number of rotatable bonds is 6. The van der Waals surface area contributed by atoms with Crippen LogP contribution in [0, 0.1) is 0 Å². The van der Waals surface area contributed by atoms with Gasteiger partial charge in [0.25, 0.3) is 0 Å². The molecule has 56 heavy (non-hydrogen) atoms. The molecule has 10 aromatic rings. The summed E-state index contributed by atoms with van der Waals surface area (Å²) in [6, 6.07) is 67.2. The smallest absolute Gasteiger partial charge is 0.160 e. The number of aromatic nitrogens is 3. The fourth-order valence-corrected chi connectivity index (χ4v) is 8.69. The molecule has 0 saturated heterocycles. The number of fused-ring (bicyclic) bond motifs is 4. The summed E-state index contributed by atoms with van der Waals surface area (Å²) in [6.07, 6.45) is 3.67. The fraction of sp³-hybridized carbons (Fsp3) is 0. The van der Waals surface area contributed by atoms with Crippen molar-refractivity contribution in [3.63, 3.8) is 0 Å². The summed E-state index contributed by atoms with van der Waals surface area (Å²) < 4.78 is 0. The van der Waals surface area contributed by atoms with Crippen molar-refractivity contribution < 1.29 is 0 Å². The minimum atomic E-state index is 0.697. The number of pyridine rings is 1. The first kappa shape index (κ1) is 32.0. The Morgan fingerprint density at radius 2 is 0.786 bits per heavy atom. The van der Waals surface area contributed by atoms with E-state index in [2.05, 4.69) is 163 Å². The SMILES string of the molecule is c1ccc(-c2nc(-c3cccc(-c4ccncc4)c3)cc(-c3ccc4c5c(cccc35)-c3c-4c(-c4ccccc4)c4ccccc4c3-c3ccccc3)n2)cc1. The summed E-state index contributed by atoms with van der Waals surface area (Å²) in [5, 5.41) is 4.94. The van der Waals surface area contributed by atoms with Gasteiger partial charge in [-0.3, -0.25) is 4.98 Å². The van der Waals surface area contributed by atoms with Gasteiger partial charge in [-0.2, -0.15) is 0 Å². The maximum Gasteiger partial charge on any atom is 0.160 e. The van der Waals surface area contributed by atoms with E-state index in [4.69, 9.17) is 9.97 Å². The zero-order chi connectivity index (χ0) is 37.0. The summed E-state index contributed by atoms with van der Waals surface area (Å²) in [4.78, 5) is 14.7. The van der Waals surface area contributed by atoms with Crippen molar-refractivity contribution in [3.05, 3.63) is 200 Å². The third kappa shape index (κ3) is 5.17. The van der Waals surface area contributed by atoms with Crippen LogP contribution in [-0.4, -0.2) is 15.0 Å². The van der Waals surface area contributed by atoms with Crippen LogP contribution in [-0.2, 0) is 0 Å². The summed E-state index contributed by atoms with van der Waals surface area (Å²) >= 11 is 0. The summed E-state index contributed by atoms with van der Waals surface area (Å²) in [5.74, 6) is 0.697. The molecule has 0 amide bonds. The quantitative estimate of drug-likeness (QED) is 0.172. The van der Waals surface area contributed by atoms with Gasteiger partial charge in [-0.25, -0.2) is 9.97 Å². The molecule has 260 valence electrons. The maximum atomic E-state index is 5.31. The number of hydrogen-bond acceptors (Lipinski definition) is 3. The Morgan fingerprint density at radius 1 is 0.286 bits per heavy atom. The second-order valence-electron chi connectivity index (χ2n) is 14.3. The molecule has 0 saturated carbocycles. The van der Waals surface area contributed by atoms with E-state index in [1.165, 1.54) is 66.1 Å². The second kappa shape index (κ2) is 13.1. The fourth-order valence-electron chi connectivity index (χ4n) is 8.69. The standard InChI is InChI=1S/C53H33N3/c1-4-14-35(15-5-1)48-42-22-10-11-23-43(42)49(36-16-6-2-7-17-36)52-45-27-26-40(41-24-13-25-44(50(41)45)51(48)52)47-33-46(55-53(56-47)37-18-8-3-9-19-37)39-21-12-20-38(32-39)34-28-30-54-31-29-34/h1-33H. The summed E-state index contributed by atoms with van der Waals surface area (Å²) in [5.41, 5.74) is 17.1. The topological polar surface area (TPSA) is 38.7 Å². The number of nitrogens with zero attached hydrogens (tertiary/aromatic N) is 3. The molecular formula is C53H33N3. The Morgan fingerprint density at radius 3 is 1.45 bits per heavy atom. The third-order valence-corrected chi connectivity index (χ3v) is 11.1. The molecule has 0 bridgehead atoms. The number of benzene rings is 8. The molecule has 1 aliphatic rings. The van der Waals surface area contributed by atoms with E-state index in [1.54, 1.807) is 0 Å². The van der Waals surface area contributed by atoms with Crippen LogP contribution in [0.4, 0.5) is 0 Å². The number of hydrogen-bond donors (Lipinski definition) is 0. The van der Waals surface area contributed by atoms with Crippen LogP contribution in [0.15, 0.2) is 200 Å². The first-order chi connectivity index (χ1) is 27.8. The first-order valence-corrected chi connectivity index (χ1v) is 19.0. The van der Waals surface area contributed by atoms with Gasteiger partial charge in [0, 0.05) is 29.1 Å². The molecule has 0 unspecified atom stereocenters. The Hall–Kier alpha value is -7.49. The lowest BCUT2D eigenvalue weighted by molar-refractivity contribution is 1.18. The average molecular weight is 712 g/mol. The van der Waals surface area contributed by atoms with E-state index >= 15 is 0 Å². The average Bonchev–Trinajstić information content (AvgIpc) is 3.61. The van der Waals surface area contributed by atoms with Crippen LogP contribution in [0.5, 0.6) is 0 Å². The van der Waals surface area contributed by atoms with E-state index in [0.717, 1.165) is 39.2 Å². The monoisotopic (exact) mass is 711 g/mol. The highest BCUT2D eigenvalue weighted by atomic mass is 14.9. The predicted octanol–water partition coefficient (Wildman–Crippen LogP) is 13.8. The Balaban J connectivity index is 1.19. The van der Waals surface area contributed by atoms with Crippen LogP contribution in [0.3, 0.4) is 0 Å². The van der Waals surface area contributed by atoms with E-state index in [1.807, 2.05) is 42.7 Å². The molecule has 0 fully saturated rings. The minimum Gasteiger partial charge on any atom is -0.265 e. The summed E-state index contributed by atoms with van der Waals surface area (Å²) in [7, 11) is 0. The van der Waals surface area contributed by atoms with Crippen LogP contribution in [0.1, 0.15) is 0 Å². The van der Waals surface area contributed by atoms with Gasteiger partial charge in [-0.05, 0) is 101 Å². The van der Waals surface area contributed by atoms with Gasteiger partial charge in [-0.1, -0.05) is 164 Å². The van der Waals surface area contributed by atoms with Gasteiger partial charge in [0.15, 0.2) is 5.82 Å². The zero-order valence-electron chi connectivity index (χ0n) is 30.4. The minimum absolute atomic E-state index is 0.697. The molecule has 0 radical (unpaired) electrons. The van der Waals surface area contributed by atoms with Crippen LogP contribution >= 0.6 is 0 Å². The van der Waals surface area contributed by atoms with Crippen molar-refractivity contribution in [3.8, 4) is 89.5 Å². The molecule has 8 aromatic carbocycles. The summed E-state index contributed by atoms with van der Waals surface area (Å²) in [6.45, 7) is 0. The van der Waals surface area contributed by atoms with E-state index < -0.39 is 0 Å². The molecule has 0 aliphatic heterocycles. The Labute approximate surface area is 325 Å². The zero-order valence-corrected chi connectivity index (χ0v) is 30.4. The van der Waals surface area contributed by atoms with E-state index in [9.17, 15) is 0 Å². The molecule has 2 aromatic heterocycles. The predicted molar refractivity (Wildman–Crippen MR) is 232 cm³/mol. The first-order valence-electron chi connectivity index (χ1n) is 19.0. The third-order valence-electron chi connectivity index (χ3n) is 11.1. The molecule has 0 spiro atoms. The molecule has 3 nitrogen and oxygen atoms in total. The largest absolute Gasteiger partial charge is 0.265 e. The van der Waals surface area contributed by atoms with Gasteiger partial charge in [0.2, 0.25) is 0 Å². The normalized spacial score (nSPS) is 11.6.